The number of carbonyl (C=O) groups is 1. The topological polar surface area (TPSA) is 133 Å². The Hall–Kier alpha value is -3.73. The molecule has 0 radical (unpaired) electrons. The van der Waals surface area contributed by atoms with Gasteiger partial charge >= 0.3 is 6.01 Å². The number of ether oxygens (including phenoxy) is 2. The second-order valence-electron chi connectivity index (χ2n) is 6.73. The lowest BCUT2D eigenvalue weighted by Gasteiger charge is -2.26. The molecule has 11 nitrogen and oxygen atoms in total. The molecule has 0 spiro atoms. The van der Waals surface area contributed by atoms with Crippen molar-refractivity contribution in [2.24, 2.45) is 0 Å². The number of benzene rings is 1. The van der Waals surface area contributed by atoms with Crippen LogP contribution in [-0.4, -0.2) is 71.1 Å². The van der Waals surface area contributed by atoms with E-state index in [1.54, 1.807) is 38.4 Å². The van der Waals surface area contributed by atoms with Crippen molar-refractivity contribution >= 4 is 17.9 Å². The van der Waals surface area contributed by atoms with Gasteiger partial charge in [0, 0.05) is 32.7 Å². The number of morpholine rings is 1. The van der Waals surface area contributed by atoms with Crippen LogP contribution in [0.25, 0.3) is 11.6 Å². The van der Waals surface area contributed by atoms with Crippen LogP contribution in [0.3, 0.4) is 0 Å². The number of oxazole rings is 1. The van der Waals surface area contributed by atoms with E-state index in [1.165, 1.54) is 11.1 Å². The summed E-state index contributed by atoms with van der Waals surface area (Å²) in [7, 11) is 3.39. The number of carbonyl (C=O) groups excluding carboxylic acids is 1. The minimum Gasteiger partial charge on any atom is -0.424 e. The molecular formula is C19H21N7O4. The van der Waals surface area contributed by atoms with E-state index in [1.807, 2.05) is 4.90 Å². The molecule has 3 aromatic rings. The Bertz CT molecular complexity index is 1030. The third-order valence-corrected chi connectivity index (χ3v) is 4.36. The van der Waals surface area contributed by atoms with Crippen molar-refractivity contribution in [1.82, 2.24) is 24.8 Å². The maximum absolute atomic E-state index is 12.0. The number of nitrogens with zero attached hydrogens (tertiary/aromatic N) is 6. The maximum atomic E-state index is 12.0. The van der Waals surface area contributed by atoms with Gasteiger partial charge in [-0.05, 0) is 24.3 Å². The van der Waals surface area contributed by atoms with Gasteiger partial charge in [-0.3, -0.25) is 4.79 Å². The average Bonchev–Trinajstić information content (AvgIpc) is 3.20. The molecule has 1 aliphatic heterocycles. The van der Waals surface area contributed by atoms with Crippen LogP contribution in [0.2, 0.25) is 0 Å². The van der Waals surface area contributed by atoms with Gasteiger partial charge in [-0.15, -0.1) is 0 Å². The summed E-state index contributed by atoms with van der Waals surface area (Å²) >= 11 is 0. The Morgan fingerprint density at radius 2 is 1.87 bits per heavy atom. The van der Waals surface area contributed by atoms with Gasteiger partial charge in [-0.25, -0.2) is 4.98 Å². The van der Waals surface area contributed by atoms with Gasteiger partial charge in [0.2, 0.25) is 11.8 Å². The Morgan fingerprint density at radius 3 is 2.50 bits per heavy atom. The first kappa shape index (κ1) is 19.6. The fraction of sp³-hybridized carbons (Fsp3) is 0.316. The number of nitrogens with two attached hydrogens (primary N) is 1. The lowest BCUT2D eigenvalue weighted by Crippen LogP contribution is -2.37. The fourth-order valence-electron chi connectivity index (χ4n) is 2.83. The molecule has 11 heteroatoms. The summed E-state index contributed by atoms with van der Waals surface area (Å²) in [5.74, 6) is 1.38. The average molecular weight is 411 g/mol. The van der Waals surface area contributed by atoms with Crippen molar-refractivity contribution in [3.05, 3.63) is 36.0 Å². The predicted molar refractivity (Wildman–Crippen MR) is 107 cm³/mol. The van der Waals surface area contributed by atoms with E-state index >= 15 is 0 Å². The van der Waals surface area contributed by atoms with Crippen LogP contribution in [0.5, 0.6) is 11.8 Å². The van der Waals surface area contributed by atoms with Gasteiger partial charge in [0.05, 0.1) is 19.4 Å². The molecule has 1 aromatic carbocycles. The van der Waals surface area contributed by atoms with E-state index in [2.05, 4.69) is 19.9 Å². The molecule has 30 heavy (non-hydrogen) atoms. The molecular weight excluding hydrogens is 390 g/mol. The van der Waals surface area contributed by atoms with Crippen LogP contribution < -0.4 is 15.4 Å². The standard InChI is InChI=1S/C19H21N7O4/c1-25(2)16(27)12-3-5-13(6-4-12)29-19-23-15(14-11-21-17(20)30-14)22-18(24-19)26-7-9-28-10-8-26/h3-6,11H,7-10H2,1-2H3,(H2,20,21). The molecule has 156 valence electrons. The zero-order chi connectivity index (χ0) is 21.1. The number of nitrogen functional groups attached to an aromatic ring is 1. The van der Waals surface area contributed by atoms with Crippen LogP contribution in [0.1, 0.15) is 10.4 Å². The zero-order valence-electron chi connectivity index (χ0n) is 16.6. The summed E-state index contributed by atoms with van der Waals surface area (Å²) in [5.41, 5.74) is 6.13. The molecule has 0 aliphatic carbocycles. The van der Waals surface area contributed by atoms with Gasteiger partial charge in [0.15, 0.2) is 5.76 Å². The number of hydrogen-bond donors (Lipinski definition) is 1. The fourth-order valence-corrected chi connectivity index (χ4v) is 2.83. The second kappa shape index (κ2) is 8.33. The summed E-state index contributed by atoms with van der Waals surface area (Å²) in [6.45, 7) is 2.44. The molecule has 1 aliphatic rings. The highest BCUT2D eigenvalue weighted by Crippen LogP contribution is 2.25. The van der Waals surface area contributed by atoms with Crippen molar-refractivity contribution in [2.75, 3.05) is 51.0 Å². The van der Waals surface area contributed by atoms with E-state index in [0.717, 1.165) is 0 Å². The van der Waals surface area contributed by atoms with E-state index in [4.69, 9.17) is 19.6 Å². The smallest absolute Gasteiger partial charge is 0.327 e. The summed E-state index contributed by atoms with van der Waals surface area (Å²) < 4.78 is 16.6. The van der Waals surface area contributed by atoms with Gasteiger partial charge in [0.1, 0.15) is 5.75 Å². The van der Waals surface area contributed by atoms with Crippen molar-refractivity contribution in [2.45, 2.75) is 0 Å². The highest BCUT2D eigenvalue weighted by molar-refractivity contribution is 5.93. The summed E-state index contributed by atoms with van der Waals surface area (Å²) in [6.07, 6.45) is 1.44. The normalized spacial score (nSPS) is 13.9. The molecule has 2 N–H and O–H groups in total. The lowest BCUT2D eigenvalue weighted by molar-refractivity contribution is 0.0827. The largest absolute Gasteiger partial charge is 0.424 e. The van der Waals surface area contributed by atoms with Gasteiger partial charge < -0.3 is 29.4 Å². The number of anilines is 2. The number of amides is 1. The highest BCUT2D eigenvalue weighted by Gasteiger charge is 2.20. The maximum Gasteiger partial charge on any atom is 0.327 e. The Morgan fingerprint density at radius 1 is 1.13 bits per heavy atom. The lowest BCUT2D eigenvalue weighted by atomic mass is 10.2. The van der Waals surface area contributed by atoms with E-state index < -0.39 is 0 Å². The monoisotopic (exact) mass is 411 g/mol. The molecule has 4 rings (SSSR count). The Kier molecular flexibility index (Phi) is 5.44. The third kappa shape index (κ3) is 4.30. The number of hydrogen-bond acceptors (Lipinski definition) is 10. The van der Waals surface area contributed by atoms with Crippen LogP contribution in [0, 0.1) is 0 Å². The van der Waals surface area contributed by atoms with Crippen LogP contribution in [0.15, 0.2) is 34.9 Å². The predicted octanol–water partition coefficient (Wildman–Crippen LogP) is 1.44. The minimum atomic E-state index is -0.0958. The van der Waals surface area contributed by atoms with Crippen LogP contribution in [0.4, 0.5) is 12.0 Å². The Balaban J connectivity index is 1.63. The van der Waals surface area contributed by atoms with Crippen molar-refractivity contribution in [1.29, 1.82) is 0 Å². The molecule has 1 saturated heterocycles. The summed E-state index contributed by atoms with van der Waals surface area (Å²) in [4.78, 5) is 32.6. The van der Waals surface area contributed by atoms with E-state index in [0.29, 0.717) is 49.3 Å². The molecule has 0 saturated carbocycles. The summed E-state index contributed by atoms with van der Waals surface area (Å²) in [6, 6.07) is 6.83. The first-order valence-corrected chi connectivity index (χ1v) is 9.29. The van der Waals surface area contributed by atoms with Gasteiger partial charge in [-0.1, -0.05) is 0 Å². The molecule has 0 atom stereocenters. The molecule has 3 heterocycles. The molecule has 2 aromatic heterocycles. The highest BCUT2D eigenvalue weighted by atomic mass is 16.5. The second-order valence-corrected chi connectivity index (χ2v) is 6.73. The van der Waals surface area contributed by atoms with Crippen molar-refractivity contribution in [3.8, 4) is 23.3 Å². The van der Waals surface area contributed by atoms with E-state index in [9.17, 15) is 4.79 Å². The third-order valence-electron chi connectivity index (χ3n) is 4.36. The van der Waals surface area contributed by atoms with Gasteiger partial charge in [0.25, 0.3) is 11.9 Å². The number of aromatic nitrogens is 4. The zero-order valence-corrected chi connectivity index (χ0v) is 16.6. The molecule has 0 bridgehead atoms. The molecule has 1 fully saturated rings. The first-order valence-electron chi connectivity index (χ1n) is 9.29. The SMILES string of the molecule is CN(C)C(=O)c1ccc(Oc2nc(-c3cnc(N)o3)nc(N3CCOCC3)n2)cc1. The van der Waals surface area contributed by atoms with Crippen molar-refractivity contribution < 1.29 is 18.7 Å². The Labute approximate surface area is 172 Å². The number of rotatable bonds is 5. The molecule has 0 unspecified atom stereocenters. The van der Waals surface area contributed by atoms with Crippen LogP contribution >= 0.6 is 0 Å². The minimum absolute atomic E-state index is 0.0157. The summed E-state index contributed by atoms with van der Waals surface area (Å²) in [5, 5.41) is 0. The van der Waals surface area contributed by atoms with E-state index in [-0.39, 0.29) is 23.8 Å². The molecule has 1 amide bonds. The first-order chi connectivity index (χ1) is 14.5. The van der Waals surface area contributed by atoms with Crippen molar-refractivity contribution in [3.63, 3.8) is 0 Å². The van der Waals surface area contributed by atoms with Gasteiger partial charge in [-0.2, -0.15) is 15.0 Å². The quantitative estimate of drug-likeness (QED) is 0.657. The van der Waals surface area contributed by atoms with Crippen LogP contribution in [-0.2, 0) is 4.74 Å².